The molecule has 7 heteroatoms. The molecular formula is C16H22FN5O. The number of nitrogen functional groups attached to an aromatic ring is 1. The third kappa shape index (κ3) is 4.84. The number of nitrogens with zero attached hydrogens (tertiary/aromatic N) is 3. The van der Waals surface area contributed by atoms with Crippen molar-refractivity contribution in [2.24, 2.45) is 0 Å². The lowest BCUT2D eigenvalue weighted by Crippen LogP contribution is -2.22. The molecule has 2 aromatic rings. The standard InChI is InChI=1S/C16H22FN5O/c1-3-4-5-12(7-6-10(2)23)20-15-14-13(21-16(18)22-15)8-11(17)9-19-14/h8-9,12H,3-7H2,1-2H3,(H3,18,20,21,22). The van der Waals surface area contributed by atoms with Crippen LogP contribution in [0.3, 0.4) is 0 Å². The van der Waals surface area contributed by atoms with Crippen molar-refractivity contribution in [2.75, 3.05) is 11.1 Å². The third-order valence-corrected chi connectivity index (χ3v) is 3.61. The fraction of sp³-hybridized carbons (Fsp3) is 0.500. The number of Topliss-reactive ketones (excluding diaryl/α,β-unsaturated/α-hetero) is 1. The molecule has 2 aromatic heterocycles. The van der Waals surface area contributed by atoms with Crippen LogP contribution >= 0.6 is 0 Å². The van der Waals surface area contributed by atoms with Crippen LogP contribution in [0.4, 0.5) is 16.2 Å². The van der Waals surface area contributed by atoms with Crippen molar-refractivity contribution in [3.8, 4) is 0 Å². The van der Waals surface area contributed by atoms with Crippen LogP contribution in [0.5, 0.6) is 0 Å². The molecule has 0 amide bonds. The van der Waals surface area contributed by atoms with Crippen LogP contribution in [0.1, 0.15) is 46.0 Å². The molecule has 0 aliphatic carbocycles. The number of rotatable bonds is 8. The van der Waals surface area contributed by atoms with Gasteiger partial charge in [0.1, 0.15) is 17.1 Å². The number of pyridine rings is 1. The first-order valence-corrected chi connectivity index (χ1v) is 7.84. The molecule has 1 unspecified atom stereocenters. The van der Waals surface area contributed by atoms with Crippen molar-refractivity contribution in [3.63, 3.8) is 0 Å². The Hall–Kier alpha value is -2.31. The number of nitrogens with two attached hydrogens (primary N) is 1. The lowest BCUT2D eigenvalue weighted by molar-refractivity contribution is -0.117. The summed E-state index contributed by atoms with van der Waals surface area (Å²) in [6.07, 6.45) is 5.36. The second-order valence-corrected chi connectivity index (χ2v) is 5.68. The molecule has 0 aliphatic rings. The second kappa shape index (κ2) is 7.80. The Labute approximate surface area is 134 Å². The van der Waals surface area contributed by atoms with Gasteiger partial charge in [0.15, 0.2) is 5.82 Å². The zero-order valence-electron chi connectivity index (χ0n) is 13.5. The van der Waals surface area contributed by atoms with E-state index >= 15 is 0 Å². The van der Waals surface area contributed by atoms with Gasteiger partial charge in [-0.05, 0) is 19.8 Å². The summed E-state index contributed by atoms with van der Waals surface area (Å²) in [5.74, 6) is 0.228. The van der Waals surface area contributed by atoms with Crippen LogP contribution in [0.2, 0.25) is 0 Å². The quantitative estimate of drug-likeness (QED) is 0.776. The van der Waals surface area contributed by atoms with Crippen molar-refractivity contribution in [2.45, 2.75) is 52.0 Å². The van der Waals surface area contributed by atoms with Crippen LogP contribution in [0.25, 0.3) is 11.0 Å². The van der Waals surface area contributed by atoms with Gasteiger partial charge in [0.05, 0.1) is 11.7 Å². The van der Waals surface area contributed by atoms with Crippen molar-refractivity contribution in [1.82, 2.24) is 15.0 Å². The maximum absolute atomic E-state index is 13.3. The SMILES string of the molecule is CCCCC(CCC(C)=O)Nc1nc(N)nc2cc(F)cnc12. The summed E-state index contributed by atoms with van der Waals surface area (Å²) < 4.78 is 13.3. The fourth-order valence-electron chi connectivity index (χ4n) is 2.42. The maximum atomic E-state index is 13.3. The molecule has 0 radical (unpaired) electrons. The summed E-state index contributed by atoms with van der Waals surface area (Å²) >= 11 is 0. The average Bonchev–Trinajstić information content (AvgIpc) is 2.49. The largest absolute Gasteiger partial charge is 0.368 e. The summed E-state index contributed by atoms with van der Waals surface area (Å²) in [5.41, 5.74) is 6.54. The molecule has 0 spiro atoms. The number of anilines is 2. The molecule has 0 saturated carbocycles. The number of carbonyl (C=O) groups is 1. The Bertz CT molecular complexity index is 686. The lowest BCUT2D eigenvalue weighted by Gasteiger charge is -2.19. The molecule has 0 saturated heterocycles. The first-order valence-electron chi connectivity index (χ1n) is 7.84. The van der Waals surface area contributed by atoms with Gasteiger partial charge >= 0.3 is 0 Å². The molecule has 0 aliphatic heterocycles. The Balaban J connectivity index is 2.27. The summed E-state index contributed by atoms with van der Waals surface area (Å²) in [7, 11) is 0. The van der Waals surface area contributed by atoms with Crippen LogP contribution in [0, 0.1) is 5.82 Å². The third-order valence-electron chi connectivity index (χ3n) is 3.61. The Morgan fingerprint density at radius 2 is 2.17 bits per heavy atom. The highest BCUT2D eigenvalue weighted by Crippen LogP contribution is 2.22. The predicted octanol–water partition coefficient (Wildman–Crippen LogP) is 3.09. The van der Waals surface area contributed by atoms with Crippen LogP contribution < -0.4 is 11.1 Å². The van der Waals surface area contributed by atoms with E-state index in [9.17, 15) is 9.18 Å². The van der Waals surface area contributed by atoms with Gasteiger partial charge in [0.25, 0.3) is 0 Å². The van der Waals surface area contributed by atoms with Crippen LogP contribution in [0.15, 0.2) is 12.3 Å². The van der Waals surface area contributed by atoms with E-state index in [1.54, 1.807) is 6.92 Å². The number of hydrogen-bond donors (Lipinski definition) is 2. The molecule has 124 valence electrons. The molecule has 3 N–H and O–H groups in total. The number of nitrogens with one attached hydrogen (secondary N) is 1. The number of aromatic nitrogens is 3. The minimum Gasteiger partial charge on any atom is -0.368 e. The average molecular weight is 319 g/mol. The normalized spacial score (nSPS) is 12.3. The molecule has 23 heavy (non-hydrogen) atoms. The van der Waals surface area contributed by atoms with Gasteiger partial charge < -0.3 is 15.8 Å². The van der Waals surface area contributed by atoms with Gasteiger partial charge in [-0.15, -0.1) is 0 Å². The highest BCUT2D eigenvalue weighted by atomic mass is 19.1. The van der Waals surface area contributed by atoms with E-state index in [1.807, 2.05) is 0 Å². The molecule has 0 fully saturated rings. The summed E-state index contributed by atoms with van der Waals surface area (Å²) in [5, 5.41) is 3.30. The summed E-state index contributed by atoms with van der Waals surface area (Å²) in [4.78, 5) is 23.5. The van der Waals surface area contributed by atoms with E-state index in [0.29, 0.717) is 29.7 Å². The summed E-state index contributed by atoms with van der Waals surface area (Å²) in [6, 6.07) is 1.37. The molecule has 2 rings (SSSR count). The van der Waals surface area contributed by atoms with Gasteiger partial charge in [0.2, 0.25) is 5.95 Å². The first kappa shape index (κ1) is 17.1. The smallest absolute Gasteiger partial charge is 0.222 e. The van der Waals surface area contributed by atoms with Crippen LogP contribution in [-0.4, -0.2) is 26.8 Å². The number of halogens is 1. The topological polar surface area (TPSA) is 93.8 Å². The van der Waals surface area contributed by atoms with E-state index in [-0.39, 0.29) is 17.8 Å². The number of unbranched alkanes of at least 4 members (excludes halogenated alkanes) is 1. The van der Waals surface area contributed by atoms with E-state index in [0.717, 1.165) is 25.5 Å². The van der Waals surface area contributed by atoms with Gasteiger partial charge in [-0.25, -0.2) is 14.4 Å². The first-order chi connectivity index (χ1) is 11.0. The van der Waals surface area contributed by atoms with Gasteiger partial charge in [-0.1, -0.05) is 19.8 Å². The van der Waals surface area contributed by atoms with E-state index < -0.39 is 5.82 Å². The Kier molecular flexibility index (Phi) is 5.78. The second-order valence-electron chi connectivity index (χ2n) is 5.68. The van der Waals surface area contributed by atoms with Crippen LogP contribution in [-0.2, 0) is 4.79 Å². The Morgan fingerprint density at radius 3 is 2.87 bits per heavy atom. The molecular weight excluding hydrogens is 297 g/mol. The zero-order valence-corrected chi connectivity index (χ0v) is 13.5. The van der Waals surface area contributed by atoms with Crippen molar-refractivity contribution < 1.29 is 9.18 Å². The van der Waals surface area contributed by atoms with Gasteiger partial charge in [-0.3, -0.25) is 0 Å². The number of fused-ring (bicyclic) bond motifs is 1. The number of hydrogen-bond acceptors (Lipinski definition) is 6. The molecule has 1 atom stereocenters. The molecule has 6 nitrogen and oxygen atoms in total. The van der Waals surface area contributed by atoms with Crippen molar-refractivity contribution in [1.29, 1.82) is 0 Å². The van der Waals surface area contributed by atoms with Gasteiger partial charge in [-0.2, -0.15) is 4.98 Å². The lowest BCUT2D eigenvalue weighted by atomic mass is 10.0. The highest BCUT2D eigenvalue weighted by molar-refractivity contribution is 5.86. The van der Waals surface area contributed by atoms with E-state index in [1.165, 1.54) is 6.07 Å². The van der Waals surface area contributed by atoms with Crippen molar-refractivity contribution >= 4 is 28.6 Å². The van der Waals surface area contributed by atoms with Crippen molar-refractivity contribution in [3.05, 3.63) is 18.1 Å². The minimum absolute atomic E-state index is 0.0632. The Morgan fingerprint density at radius 1 is 1.39 bits per heavy atom. The molecule has 2 heterocycles. The minimum atomic E-state index is -0.472. The molecule has 0 bridgehead atoms. The molecule has 0 aromatic carbocycles. The number of ketones is 1. The van der Waals surface area contributed by atoms with E-state index in [4.69, 9.17) is 5.73 Å². The highest BCUT2D eigenvalue weighted by Gasteiger charge is 2.14. The zero-order chi connectivity index (χ0) is 16.8. The summed E-state index contributed by atoms with van der Waals surface area (Å²) in [6.45, 7) is 3.70. The fourth-order valence-corrected chi connectivity index (χ4v) is 2.42. The van der Waals surface area contributed by atoms with E-state index in [2.05, 4.69) is 27.2 Å². The van der Waals surface area contributed by atoms with Gasteiger partial charge in [0, 0.05) is 18.5 Å². The number of carbonyl (C=O) groups excluding carboxylic acids is 1. The maximum Gasteiger partial charge on any atom is 0.222 e. The predicted molar refractivity (Wildman–Crippen MR) is 88.6 cm³/mol. The monoisotopic (exact) mass is 319 g/mol.